The van der Waals surface area contributed by atoms with E-state index in [1.165, 1.54) is 0 Å². The molecule has 1 aromatic carbocycles. The molecule has 1 aromatic heterocycles. The van der Waals surface area contributed by atoms with Gasteiger partial charge in [0.1, 0.15) is 5.75 Å². The number of nitrogens with zero attached hydrogens (tertiary/aromatic N) is 2. The van der Waals surface area contributed by atoms with E-state index >= 15 is 0 Å². The molecule has 3 rings (SSSR count). The van der Waals surface area contributed by atoms with Crippen LogP contribution < -0.4 is 4.74 Å². The average molecular weight is 340 g/mol. The van der Waals surface area contributed by atoms with Gasteiger partial charge in [-0.05, 0) is 42.2 Å². The van der Waals surface area contributed by atoms with Crippen molar-refractivity contribution in [1.29, 1.82) is 0 Å². The molecule has 25 heavy (non-hydrogen) atoms. The van der Waals surface area contributed by atoms with Gasteiger partial charge in [-0.15, -0.1) is 0 Å². The van der Waals surface area contributed by atoms with Crippen LogP contribution in [0.1, 0.15) is 17.5 Å². The van der Waals surface area contributed by atoms with Gasteiger partial charge >= 0.3 is 0 Å². The molecule has 1 saturated heterocycles. The fourth-order valence-electron chi connectivity index (χ4n) is 3.43. The van der Waals surface area contributed by atoms with E-state index in [0.29, 0.717) is 6.42 Å². The van der Waals surface area contributed by atoms with E-state index in [-0.39, 0.29) is 18.1 Å². The van der Waals surface area contributed by atoms with Crippen LogP contribution in [-0.4, -0.2) is 48.7 Å². The van der Waals surface area contributed by atoms with Crippen molar-refractivity contribution in [3.05, 3.63) is 59.9 Å². The van der Waals surface area contributed by atoms with Crippen molar-refractivity contribution in [1.82, 2.24) is 9.88 Å². The third-order valence-corrected chi connectivity index (χ3v) is 4.79. The first kappa shape index (κ1) is 17.4. The number of methoxy groups -OCH3 is 2. The second-order valence-corrected chi connectivity index (χ2v) is 6.31. The van der Waals surface area contributed by atoms with E-state index in [9.17, 15) is 4.79 Å². The van der Waals surface area contributed by atoms with Crippen molar-refractivity contribution in [2.45, 2.75) is 31.4 Å². The Morgan fingerprint density at radius 3 is 2.64 bits per heavy atom. The predicted molar refractivity (Wildman–Crippen MR) is 95.6 cm³/mol. The maximum Gasteiger partial charge on any atom is 0.227 e. The Bertz CT molecular complexity index is 688. The predicted octanol–water partition coefficient (Wildman–Crippen LogP) is 2.49. The normalized spacial score (nSPS) is 19.8. The molecule has 2 heterocycles. The second kappa shape index (κ2) is 8.12. The maximum atomic E-state index is 12.9. The lowest BCUT2D eigenvalue weighted by Gasteiger charge is -2.28. The Labute approximate surface area is 148 Å². The first-order valence-electron chi connectivity index (χ1n) is 8.55. The molecule has 1 amide bonds. The van der Waals surface area contributed by atoms with Gasteiger partial charge in [-0.3, -0.25) is 9.78 Å². The van der Waals surface area contributed by atoms with Crippen LogP contribution in [0.5, 0.6) is 5.75 Å². The molecule has 0 N–H and O–H groups in total. The van der Waals surface area contributed by atoms with Crippen molar-refractivity contribution in [3.8, 4) is 5.75 Å². The van der Waals surface area contributed by atoms with E-state index in [1.807, 2.05) is 47.5 Å². The number of carbonyl (C=O) groups excluding carboxylic acids is 1. The molecule has 132 valence electrons. The highest BCUT2D eigenvalue weighted by Crippen LogP contribution is 2.25. The number of ether oxygens (including phenoxy) is 2. The Kier molecular flexibility index (Phi) is 5.66. The summed E-state index contributed by atoms with van der Waals surface area (Å²) in [4.78, 5) is 19.0. The van der Waals surface area contributed by atoms with Gasteiger partial charge in [0.2, 0.25) is 5.91 Å². The fraction of sp³-hybridized carbons (Fsp3) is 0.400. The number of hydrogen-bond donors (Lipinski definition) is 0. The van der Waals surface area contributed by atoms with E-state index in [1.54, 1.807) is 20.4 Å². The van der Waals surface area contributed by atoms with Gasteiger partial charge in [-0.25, -0.2) is 0 Å². The molecule has 0 bridgehead atoms. The molecule has 5 heteroatoms. The van der Waals surface area contributed by atoms with E-state index in [0.717, 1.165) is 36.3 Å². The zero-order valence-corrected chi connectivity index (χ0v) is 14.7. The van der Waals surface area contributed by atoms with Crippen LogP contribution in [-0.2, 0) is 22.4 Å². The number of carbonyl (C=O) groups is 1. The minimum absolute atomic E-state index is 0.0555. The Morgan fingerprint density at radius 1 is 1.20 bits per heavy atom. The molecule has 0 spiro atoms. The van der Waals surface area contributed by atoms with Gasteiger partial charge in [0.25, 0.3) is 0 Å². The average Bonchev–Trinajstić information content (AvgIpc) is 3.06. The first-order chi connectivity index (χ1) is 12.2. The zero-order valence-electron chi connectivity index (χ0n) is 14.7. The lowest BCUT2D eigenvalue weighted by molar-refractivity contribution is -0.132. The SMILES string of the molecule is COc1ccc(CC(=O)N2CC[C@@H](OC)[C@@H]2Cc2cccnc2)cc1. The van der Waals surface area contributed by atoms with Crippen LogP contribution in [0.3, 0.4) is 0 Å². The largest absolute Gasteiger partial charge is 0.497 e. The summed E-state index contributed by atoms with van der Waals surface area (Å²) < 4.78 is 10.8. The summed E-state index contributed by atoms with van der Waals surface area (Å²) in [5, 5.41) is 0. The minimum atomic E-state index is 0.0555. The van der Waals surface area contributed by atoms with Crippen LogP contribution >= 0.6 is 0 Å². The number of aromatic nitrogens is 1. The third kappa shape index (κ3) is 4.17. The van der Waals surface area contributed by atoms with Crippen molar-refractivity contribution < 1.29 is 14.3 Å². The summed E-state index contributed by atoms with van der Waals surface area (Å²) in [6.45, 7) is 0.735. The molecule has 2 aromatic rings. The quantitative estimate of drug-likeness (QED) is 0.811. The topological polar surface area (TPSA) is 51.7 Å². The van der Waals surface area contributed by atoms with Crippen molar-refractivity contribution in [2.75, 3.05) is 20.8 Å². The lowest BCUT2D eigenvalue weighted by Crippen LogP contribution is -2.42. The van der Waals surface area contributed by atoms with Crippen LogP contribution in [0.25, 0.3) is 0 Å². The van der Waals surface area contributed by atoms with E-state index < -0.39 is 0 Å². The molecular weight excluding hydrogens is 316 g/mol. The Balaban J connectivity index is 1.70. The van der Waals surface area contributed by atoms with Crippen LogP contribution in [0.2, 0.25) is 0 Å². The number of benzene rings is 1. The highest BCUT2D eigenvalue weighted by Gasteiger charge is 2.36. The number of likely N-dealkylation sites (tertiary alicyclic amines) is 1. The van der Waals surface area contributed by atoms with Gasteiger partial charge in [-0.2, -0.15) is 0 Å². The smallest absolute Gasteiger partial charge is 0.227 e. The summed E-state index contributed by atoms with van der Waals surface area (Å²) in [5.41, 5.74) is 2.12. The molecule has 2 atom stereocenters. The third-order valence-electron chi connectivity index (χ3n) is 4.79. The van der Waals surface area contributed by atoms with Crippen LogP contribution in [0, 0.1) is 0 Å². The number of rotatable bonds is 6. The highest BCUT2D eigenvalue weighted by atomic mass is 16.5. The van der Waals surface area contributed by atoms with E-state index in [2.05, 4.69) is 4.98 Å². The molecule has 1 aliphatic heterocycles. The molecule has 0 unspecified atom stereocenters. The molecule has 0 saturated carbocycles. The number of amides is 1. The molecule has 0 radical (unpaired) electrons. The summed E-state index contributed by atoms with van der Waals surface area (Å²) in [6.07, 6.45) is 5.72. The van der Waals surface area contributed by atoms with Gasteiger partial charge < -0.3 is 14.4 Å². The van der Waals surface area contributed by atoms with Crippen molar-refractivity contribution in [3.63, 3.8) is 0 Å². The molecule has 1 fully saturated rings. The highest BCUT2D eigenvalue weighted by molar-refractivity contribution is 5.79. The molecule has 0 aliphatic carbocycles. The van der Waals surface area contributed by atoms with E-state index in [4.69, 9.17) is 9.47 Å². The summed E-state index contributed by atoms with van der Waals surface area (Å²) in [5.74, 6) is 0.935. The Morgan fingerprint density at radius 2 is 2.00 bits per heavy atom. The first-order valence-corrected chi connectivity index (χ1v) is 8.55. The van der Waals surface area contributed by atoms with Crippen molar-refractivity contribution in [2.24, 2.45) is 0 Å². The lowest BCUT2D eigenvalue weighted by atomic mass is 10.0. The van der Waals surface area contributed by atoms with Gasteiger partial charge in [0.05, 0.1) is 25.7 Å². The maximum absolute atomic E-state index is 12.9. The van der Waals surface area contributed by atoms with Crippen LogP contribution in [0.4, 0.5) is 0 Å². The standard InChI is InChI=1S/C20H24N2O3/c1-24-17-7-5-15(6-8-17)13-20(23)22-11-9-19(25-2)18(22)12-16-4-3-10-21-14-16/h3-8,10,14,18-19H,9,11-13H2,1-2H3/t18-,19+/m0/s1. The molecular formula is C20H24N2O3. The molecule has 5 nitrogen and oxygen atoms in total. The summed E-state index contributed by atoms with van der Waals surface area (Å²) in [6, 6.07) is 11.7. The number of pyridine rings is 1. The summed E-state index contributed by atoms with van der Waals surface area (Å²) >= 11 is 0. The summed E-state index contributed by atoms with van der Waals surface area (Å²) in [7, 11) is 3.36. The minimum Gasteiger partial charge on any atom is -0.497 e. The van der Waals surface area contributed by atoms with Gasteiger partial charge in [-0.1, -0.05) is 18.2 Å². The van der Waals surface area contributed by atoms with Gasteiger partial charge in [0.15, 0.2) is 0 Å². The zero-order chi connectivity index (χ0) is 17.6. The number of hydrogen-bond acceptors (Lipinski definition) is 4. The Hall–Kier alpha value is -2.40. The van der Waals surface area contributed by atoms with Crippen molar-refractivity contribution >= 4 is 5.91 Å². The van der Waals surface area contributed by atoms with Crippen LogP contribution in [0.15, 0.2) is 48.8 Å². The molecule has 1 aliphatic rings. The fourth-order valence-corrected chi connectivity index (χ4v) is 3.43. The second-order valence-electron chi connectivity index (χ2n) is 6.31. The monoisotopic (exact) mass is 340 g/mol. The van der Waals surface area contributed by atoms with Gasteiger partial charge in [0, 0.05) is 26.0 Å².